The molecule has 0 spiro atoms. The van der Waals surface area contributed by atoms with Crippen LogP contribution < -0.4 is 0 Å². The third-order valence-electron chi connectivity index (χ3n) is 2.49. The molecular formula is C14H26O5. The van der Waals surface area contributed by atoms with E-state index in [1.54, 1.807) is 6.92 Å². The van der Waals surface area contributed by atoms with Crippen LogP contribution in [0.15, 0.2) is 0 Å². The van der Waals surface area contributed by atoms with Crippen LogP contribution in [0.25, 0.3) is 0 Å². The molecule has 5 nitrogen and oxygen atoms in total. The van der Waals surface area contributed by atoms with Gasteiger partial charge < -0.3 is 14.2 Å². The normalized spacial score (nSPS) is 11.9. The summed E-state index contributed by atoms with van der Waals surface area (Å²) in [5, 5.41) is 0. The van der Waals surface area contributed by atoms with Crippen molar-refractivity contribution in [2.45, 2.75) is 59.0 Å². The summed E-state index contributed by atoms with van der Waals surface area (Å²) in [5.74, 6) is -0.901. The molecule has 0 unspecified atom stereocenters. The number of unbranched alkanes of at least 4 members (excludes halogenated alkanes) is 2. The highest BCUT2D eigenvalue weighted by molar-refractivity contribution is 5.81. The van der Waals surface area contributed by atoms with Gasteiger partial charge in [0.1, 0.15) is 0 Å². The Kier molecular flexibility index (Phi) is 11.3. The maximum atomic E-state index is 11.7. The molecule has 5 heteroatoms. The van der Waals surface area contributed by atoms with Gasteiger partial charge in [0.2, 0.25) is 0 Å². The van der Waals surface area contributed by atoms with Crippen molar-refractivity contribution in [2.75, 3.05) is 19.8 Å². The minimum atomic E-state index is -0.851. The van der Waals surface area contributed by atoms with E-state index in [9.17, 15) is 9.59 Å². The van der Waals surface area contributed by atoms with E-state index in [-0.39, 0.29) is 6.42 Å². The first kappa shape index (κ1) is 17.9. The molecule has 19 heavy (non-hydrogen) atoms. The number of rotatable bonds is 11. The average molecular weight is 274 g/mol. The zero-order valence-electron chi connectivity index (χ0n) is 12.3. The second-order valence-electron chi connectivity index (χ2n) is 4.24. The van der Waals surface area contributed by atoms with Crippen LogP contribution in [0.5, 0.6) is 0 Å². The largest absolute Gasteiger partial charge is 0.466 e. The lowest BCUT2D eigenvalue weighted by Gasteiger charge is -2.15. The molecule has 0 N–H and O–H groups in total. The SMILES string of the molecule is CCCCOC(=O)C[C@@H](OCC)C(=O)OCCCC. The number of carbonyl (C=O) groups excluding carboxylic acids is 2. The molecule has 0 aliphatic carbocycles. The van der Waals surface area contributed by atoms with Crippen molar-refractivity contribution in [3.05, 3.63) is 0 Å². The number of carbonyl (C=O) groups is 2. The number of hydrogen-bond acceptors (Lipinski definition) is 5. The summed E-state index contributed by atoms with van der Waals surface area (Å²) < 4.78 is 15.3. The highest BCUT2D eigenvalue weighted by Crippen LogP contribution is 2.05. The van der Waals surface area contributed by atoms with Gasteiger partial charge in [-0.1, -0.05) is 26.7 Å². The van der Waals surface area contributed by atoms with E-state index in [2.05, 4.69) is 0 Å². The number of hydrogen-bond donors (Lipinski definition) is 0. The molecule has 0 saturated carbocycles. The Morgan fingerprint density at radius 2 is 1.53 bits per heavy atom. The third kappa shape index (κ3) is 9.47. The second kappa shape index (κ2) is 12.0. The molecule has 0 aromatic carbocycles. The Morgan fingerprint density at radius 1 is 0.947 bits per heavy atom. The minimum Gasteiger partial charge on any atom is -0.466 e. The fraction of sp³-hybridized carbons (Fsp3) is 0.857. The Morgan fingerprint density at radius 3 is 2.05 bits per heavy atom. The second-order valence-corrected chi connectivity index (χ2v) is 4.24. The van der Waals surface area contributed by atoms with E-state index in [0.29, 0.717) is 19.8 Å². The van der Waals surface area contributed by atoms with Crippen LogP contribution in [0.2, 0.25) is 0 Å². The maximum absolute atomic E-state index is 11.7. The molecule has 0 saturated heterocycles. The van der Waals surface area contributed by atoms with Crippen molar-refractivity contribution >= 4 is 11.9 Å². The molecule has 0 fully saturated rings. The van der Waals surface area contributed by atoms with E-state index >= 15 is 0 Å². The predicted molar refractivity (Wildman–Crippen MR) is 71.8 cm³/mol. The zero-order chi connectivity index (χ0) is 14.5. The van der Waals surface area contributed by atoms with Crippen LogP contribution >= 0.6 is 0 Å². The van der Waals surface area contributed by atoms with Gasteiger partial charge in [-0.15, -0.1) is 0 Å². The van der Waals surface area contributed by atoms with Crippen LogP contribution in [0.3, 0.4) is 0 Å². The summed E-state index contributed by atoms with van der Waals surface area (Å²) in [6, 6.07) is 0. The van der Waals surface area contributed by atoms with Gasteiger partial charge in [-0.25, -0.2) is 4.79 Å². The van der Waals surface area contributed by atoms with E-state index in [1.807, 2.05) is 13.8 Å². The lowest BCUT2D eigenvalue weighted by atomic mass is 10.2. The van der Waals surface area contributed by atoms with E-state index in [4.69, 9.17) is 14.2 Å². The van der Waals surface area contributed by atoms with Crippen molar-refractivity contribution in [1.29, 1.82) is 0 Å². The first-order valence-electron chi connectivity index (χ1n) is 7.09. The quantitative estimate of drug-likeness (QED) is 0.428. The fourth-order valence-electron chi connectivity index (χ4n) is 1.36. The number of ether oxygens (including phenoxy) is 3. The van der Waals surface area contributed by atoms with Gasteiger partial charge in [0, 0.05) is 6.61 Å². The molecular weight excluding hydrogens is 248 g/mol. The van der Waals surface area contributed by atoms with Crippen molar-refractivity contribution in [3.8, 4) is 0 Å². The van der Waals surface area contributed by atoms with Crippen LogP contribution in [-0.2, 0) is 23.8 Å². The topological polar surface area (TPSA) is 61.8 Å². The molecule has 0 aromatic heterocycles. The van der Waals surface area contributed by atoms with Crippen LogP contribution in [-0.4, -0.2) is 37.9 Å². The fourth-order valence-corrected chi connectivity index (χ4v) is 1.36. The maximum Gasteiger partial charge on any atom is 0.335 e. The van der Waals surface area contributed by atoms with Gasteiger partial charge >= 0.3 is 11.9 Å². The van der Waals surface area contributed by atoms with Gasteiger partial charge in [-0.2, -0.15) is 0 Å². The molecule has 0 radical (unpaired) electrons. The van der Waals surface area contributed by atoms with Gasteiger partial charge in [-0.3, -0.25) is 4.79 Å². The standard InChI is InChI=1S/C14H26O5/c1-4-7-9-18-13(15)11-12(17-6-3)14(16)19-10-8-5-2/h12H,4-11H2,1-3H3/t12-/m1/s1. The molecule has 0 aromatic rings. The summed E-state index contributed by atoms with van der Waals surface area (Å²) in [5.41, 5.74) is 0. The lowest BCUT2D eigenvalue weighted by Crippen LogP contribution is -2.30. The molecule has 1 atom stereocenters. The van der Waals surface area contributed by atoms with E-state index < -0.39 is 18.0 Å². The average Bonchev–Trinajstić information content (AvgIpc) is 2.38. The Bertz CT molecular complexity index is 252. The Balaban J connectivity index is 4.08. The summed E-state index contributed by atoms with van der Waals surface area (Å²) in [6.45, 7) is 6.91. The van der Waals surface area contributed by atoms with E-state index in [1.165, 1.54) is 0 Å². The molecule has 0 rings (SSSR count). The van der Waals surface area contributed by atoms with Crippen LogP contribution in [0, 0.1) is 0 Å². The van der Waals surface area contributed by atoms with Gasteiger partial charge in [0.05, 0.1) is 19.6 Å². The van der Waals surface area contributed by atoms with Gasteiger partial charge in [0.25, 0.3) is 0 Å². The number of esters is 2. The first-order chi connectivity index (χ1) is 9.15. The van der Waals surface area contributed by atoms with Gasteiger partial charge in [-0.05, 0) is 19.8 Å². The summed E-state index contributed by atoms with van der Waals surface area (Å²) >= 11 is 0. The predicted octanol–water partition coefficient (Wildman–Crippen LogP) is 2.47. The Labute approximate surface area is 115 Å². The summed E-state index contributed by atoms with van der Waals surface area (Å²) in [7, 11) is 0. The molecule has 112 valence electrons. The molecule has 0 amide bonds. The summed E-state index contributed by atoms with van der Waals surface area (Å²) in [4.78, 5) is 23.2. The van der Waals surface area contributed by atoms with Crippen LogP contribution in [0.4, 0.5) is 0 Å². The van der Waals surface area contributed by atoms with Crippen molar-refractivity contribution in [3.63, 3.8) is 0 Å². The first-order valence-corrected chi connectivity index (χ1v) is 7.09. The van der Waals surface area contributed by atoms with Crippen molar-refractivity contribution < 1.29 is 23.8 Å². The van der Waals surface area contributed by atoms with Crippen molar-refractivity contribution in [1.82, 2.24) is 0 Å². The molecule has 0 heterocycles. The van der Waals surface area contributed by atoms with E-state index in [0.717, 1.165) is 25.7 Å². The van der Waals surface area contributed by atoms with Crippen LogP contribution in [0.1, 0.15) is 52.9 Å². The van der Waals surface area contributed by atoms with Gasteiger partial charge in [0.15, 0.2) is 6.10 Å². The smallest absolute Gasteiger partial charge is 0.335 e. The summed E-state index contributed by atoms with van der Waals surface area (Å²) in [6.07, 6.45) is 2.61. The monoisotopic (exact) mass is 274 g/mol. The highest BCUT2D eigenvalue weighted by atomic mass is 16.6. The minimum absolute atomic E-state index is 0.0808. The highest BCUT2D eigenvalue weighted by Gasteiger charge is 2.24. The zero-order valence-corrected chi connectivity index (χ0v) is 12.3. The van der Waals surface area contributed by atoms with Crippen molar-refractivity contribution in [2.24, 2.45) is 0 Å². The molecule has 0 bridgehead atoms. The third-order valence-corrected chi connectivity index (χ3v) is 2.49. The molecule has 0 aliphatic heterocycles. The lowest BCUT2D eigenvalue weighted by molar-refractivity contribution is -0.163. The Hall–Kier alpha value is -1.10. The molecule has 0 aliphatic rings.